The highest BCUT2D eigenvalue weighted by molar-refractivity contribution is 6.34. The second-order valence-corrected chi connectivity index (χ2v) is 5.30. The van der Waals surface area contributed by atoms with Crippen LogP contribution in [-0.2, 0) is 6.18 Å². The van der Waals surface area contributed by atoms with Gasteiger partial charge in [0.25, 0.3) is 0 Å². The third-order valence-corrected chi connectivity index (χ3v) is 3.86. The van der Waals surface area contributed by atoms with Gasteiger partial charge < -0.3 is 0 Å². The number of benzene rings is 1. The van der Waals surface area contributed by atoms with Crippen LogP contribution in [0.2, 0.25) is 5.02 Å². The summed E-state index contributed by atoms with van der Waals surface area (Å²) in [7, 11) is 0. The molecule has 0 aliphatic heterocycles. The molecule has 19 heavy (non-hydrogen) atoms. The lowest BCUT2D eigenvalue weighted by Crippen LogP contribution is -2.19. The number of halogens is 4. The van der Waals surface area contributed by atoms with Crippen molar-refractivity contribution in [3.8, 4) is 0 Å². The normalized spacial score (nSPS) is 17.5. The summed E-state index contributed by atoms with van der Waals surface area (Å²) in [5.41, 5.74) is -0.820. The average Bonchev–Trinajstić information content (AvgIpc) is 2.38. The smallest absolute Gasteiger partial charge is 0.294 e. The minimum atomic E-state index is -4.45. The molecule has 5 heteroatoms. The van der Waals surface area contributed by atoms with Crippen LogP contribution < -0.4 is 0 Å². The van der Waals surface area contributed by atoms with Gasteiger partial charge in [-0.25, -0.2) is 0 Å². The number of ketones is 1. The van der Waals surface area contributed by atoms with E-state index in [4.69, 9.17) is 11.6 Å². The lowest BCUT2D eigenvalue weighted by molar-refractivity contribution is -0.137. The first-order valence-electron chi connectivity index (χ1n) is 6.30. The fourth-order valence-electron chi connectivity index (χ4n) is 2.48. The van der Waals surface area contributed by atoms with E-state index < -0.39 is 11.7 Å². The molecule has 1 fully saturated rings. The molecule has 1 saturated carbocycles. The van der Waals surface area contributed by atoms with Gasteiger partial charge in [-0.1, -0.05) is 30.9 Å². The highest BCUT2D eigenvalue weighted by atomic mass is 35.5. The quantitative estimate of drug-likeness (QED) is 0.691. The first kappa shape index (κ1) is 14.4. The van der Waals surface area contributed by atoms with Crippen LogP contribution in [-0.4, -0.2) is 5.78 Å². The Bertz CT molecular complexity index is 476. The summed E-state index contributed by atoms with van der Waals surface area (Å²) in [4.78, 5) is 12.2. The van der Waals surface area contributed by atoms with Crippen LogP contribution in [0.1, 0.15) is 48.0 Å². The highest BCUT2D eigenvalue weighted by Gasteiger charge is 2.32. The number of alkyl halides is 3. The molecular weight excluding hydrogens is 277 g/mol. The number of carbonyl (C=O) groups excluding carboxylic acids is 1. The molecule has 0 bridgehead atoms. The molecule has 0 aromatic heterocycles. The molecule has 0 atom stereocenters. The predicted molar refractivity (Wildman–Crippen MR) is 67.4 cm³/mol. The molecule has 0 amide bonds. The summed E-state index contributed by atoms with van der Waals surface area (Å²) in [5.74, 6) is -0.439. The van der Waals surface area contributed by atoms with E-state index >= 15 is 0 Å². The second kappa shape index (κ2) is 5.53. The lowest BCUT2D eigenvalue weighted by Gasteiger charge is -2.21. The fourth-order valence-corrected chi connectivity index (χ4v) is 2.69. The minimum Gasteiger partial charge on any atom is -0.294 e. The van der Waals surface area contributed by atoms with E-state index in [1.807, 2.05) is 0 Å². The summed E-state index contributed by atoms with van der Waals surface area (Å²) in [6.07, 6.45) is 0.0169. The van der Waals surface area contributed by atoms with Crippen molar-refractivity contribution in [3.05, 3.63) is 34.3 Å². The molecule has 0 saturated heterocycles. The third-order valence-electron chi connectivity index (χ3n) is 3.54. The van der Waals surface area contributed by atoms with Gasteiger partial charge in [0.15, 0.2) is 5.78 Å². The molecule has 1 aliphatic rings. The largest absolute Gasteiger partial charge is 0.416 e. The Morgan fingerprint density at radius 3 is 2.37 bits per heavy atom. The molecule has 0 heterocycles. The van der Waals surface area contributed by atoms with Gasteiger partial charge in [0.05, 0.1) is 10.6 Å². The Morgan fingerprint density at radius 1 is 1.16 bits per heavy atom. The molecule has 2 rings (SSSR count). The second-order valence-electron chi connectivity index (χ2n) is 4.89. The van der Waals surface area contributed by atoms with Crippen LogP contribution in [0.4, 0.5) is 13.2 Å². The van der Waals surface area contributed by atoms with E-state index in [0.29, 0.717) is 0 Å². The summed E-state index contributed by atoms with van der Waals surface area (Å²) in [5, 5.41) is 0.101. The molecule has 1 nitrogen and oxygen atoms in total. The van der Waals surface area contributed by atoms with Gasteiger partial charge in [0.2, 0.25) is 0 Å². The van der Waals surface area contributed by atoms with Crippen molar-refractivity contribution in [3.63, 3.8) is 0 Å². The van der Waals surface area contributed by atoms with Crippen molar-refractivity contribution in [2.24, 2.45) is 5.92 Å². The average molecular weight is 291 g/mol. The van der Waals surface area contributed by atoms with Crippen LogP contribution >= 0.6 is 11.6 Å². The van der Waals surface area contributed by atoms with Crippen LogP contribution in [0.5, 0.6) is 0 Å². The van der Waals surface area contributed by atoms with Crippen LogP contribution in [0.3, 0.4) is 0 Å². The van der Waals surface area contributed by atoms with Crippen molar-refractivity contribution >= 4 is 17.4 Å². The van der Waals surface area contributed by atoms with Crippen LogP contribution in [0.15, 0.2) is 18.2 Å². The summed E-state index contributed by atoms with van der Waals surface area (Å²) in [6.45, 7) is 0. The Balaban J connectivity index is 2.30. The summed E-state index contributed by atoms with van der Waals surface area (Å²) < 4.78 is 38.0. The standard InChI is InChI=1S/C14H14ClF3O/c15-12-7-6-10(14(16,17)18)8-11(12)13(19)9-4-2-1-3-5-9/h6-9H,1-5H2. The van der Waals surface area contributed by atoms with E-state index in [-0.39, 0.29) is 22.3 Å². The molecule has 0 spiro atoms. The molecule has 104 valence electrons. The summed E-state index contributed by atoms with van der Waals surface area (Å²) >= 11 is 5.87. The Morgan fingerprint density at radius 2 is 1.79 bits per heavy atom. The van der Waals surface area contributed by atoms with Gasteiger partial charge in [0, 0.05) is 11.5 Å². The zero-order valence-electron chi connectivity index (χ0n) is 10.3. The fraction of sp³-hybridized carbons (Fsp3) is 0.500. The molecule has 1 aromatic carbocycles. The van der Waals surface area contributed by atoms with Gasteiger partial charge in [0.1, 0.15) is 0 Å². The molecule has 0 radical (unpaired) electrons. The highest BCUT2D eigenvalue weighted by Crippen LogP contribution is 2.34. The maximum absolute atomic E-state index is 12.7. The number of rotatable bonds is 2. The molecule has 0 N–H and O–H groups in total. The number of hydrogen-bond acceptors (Lipinski definition) is 1. The molecule has 1 aromatic rings. The third kappa shape index (κ3) is 3.30. The zero-order valence-corrected chi connectivity index (χ0v) is 11.0. The summed E-state index contributed by atoms with van der Waals surface area (Å²) in [6, 6.07) is 2.93. The van der Waals surface area contributed by atoms with E-state index in [9.17, 15) is 18.0 Å². The topological polar surface area (TPSA) is 17.1 Å². The molecular formula is C14H14ClF3O. The van der Waals surface area contributed by atoms with Crippen LogP contribution in [0, 0.1) is 5.92 Å². The minimum absolute atomic E-state index is 0.00314. The van der Waals surface area contributed by atoms with Crippen molar-refractivity contribution in [1.82, 2.24) is 0 Å². The Labute approximate surface area is 114 Å². The van der Waals surface area contributed by atoms with Crippen molar-refractivity contribution in [2.75, 3.05) is 0 Å². The van der Waals surface area contributed by atoms with Gasteiger partial charge in [-0.05, 0) is 31.0 Å². The van der Waals surface area contributed by atoms with Gasteiger partial charge in [-0.2, -0.15) is 13.2 Å². The zero-order chi connectivity index (χ0) is 14.0. The number of Topliss-reactive ketones (excluding diaryl/α,β-unsaturated/α-hetero) is 1. The first-order valence-corrected chi connectivity index (χ1v) is 6.68. The van der Waals surface area contributed by atoms with Crippen molar-refractivity contribution in [1.29, 1.82) is 0 Å². The molecule has 0 unspecified atom stereocenters. The maximum atomic E-state index is 12.7. The van der Waals surface area contributed by atoms with Gasteiger partial charge in [-0.15, -0.1) is 0 Å². The monoisotopic (exact) mass is 290 g/mol. The van der Waals surface area contributed by atoms with Gasteiger partial charge in [-0.3, -0.25) is 4.79 Å². The SMILES string of the molecule is O=C(c1cc(C(F)(F)F)ccc1Cl)C1CCCCC1. The Kier molecular flexibility index (Phi) is 4.19. The lowest BCUT2D eigenvalue weighted by atomic mass is 9.83. The van der Waals surface area contributed by atoms with E-state index in [1.54, 1.807) is 0 Å². The van der Waals surface area contributed by atoms with Crippen LogP contribution in [0.25, 0.3) is 0 Å². The van der Waals surface area contributed by atoms with Crippen molar-refractivity contribution in [2.45, 2.75) is 38.3 Å². The van der Waals surface area contributed by atoms with Gasteiger partial charge >= 0.3 is 6.18 Å². The number of hydrogen-bond donors (Lipinski definition) is 0. The Hall–Kier alpha value is -1.03. The van der Waals surface area contributed by atoms with Crippen molar-refractivity contribution < 1.29 is 18.0 Å². The first-order chi connectivity index (χ1) is 8.89. The number of carbonyl (C=O) groups is 1. The predicted octanol–water partition coefficient (Wildman–Crippen LogP) is 5.12. The van der Waals surface area contributed by atoms with E-state index in [0.717, 1.165) is 50.3 Å². The molecule has 1 aliphatic carbocycles. The van der Waals surface area contributed by atoms with E-state index in [1.165, 1.54) is 0 Å². The van der Waals surface area contributed by atoms with E-state index in [2.05, 4.69) is 0 Å². The maximum Gasteiger partial charge on any atom is 0.416 e.